The fourth-order valence-electron chi connectivity index (χ4n) is 5.61. The number of fused-ring (bicyclic) bond motifs is 3. The van der Waals surface area contributed by atoms with Crippen molar-refractivity contribution < 1.29 is 18.0 Å². The van der Waals surface area contributed by atoms with Crippen LogP contribution in [0.4, 0.5) is 24.9 Å². The second-order valence-electron chi connectivity index (χ2n) is 10.8. The third-order valence-electron chi connectivity index (χ3n) is 7.74. The third kappa shape index (κ3) is 5.78. The van der Waals surface area contributed by atoms with Gasteiger partial charge in [-0.05, 0) is 48.8 Å². The summed E-state index contributed by atoms with van der Waals surface area (Å²) in [6.45, 7) is 0. The molecule has 4 N–H and O–H groups in total. The molecule has 0 aliphatic heterocycles. The molecule has 2 aromatic heterocycles. The molecule has 0 unspecified atom stereocenters. The first-order chi connectivity index (χ1) is 20.1. The number of rotatable bonds is 6. The highest BCUT2D eigenvalue weighted by Gasteiger charge is 2.30. The maximum atomic E-state index is 13.1. The number of carbonyl (C=O) groups is 1. The van der Waals surface area contributed by atoms with E-state index in [1.165, 1.54) is 12.1 Å². The van der Waals surface area contributed by atoms with Gasteiger partial charge < -0.3 is 16.4 Å². The van der Waals surface area contributed by atoms with Crippen molar-refractivity contribution >= 4 is 39.3 Å². The Labute approximate surface area is 240 Å². The highest BCUT2D eigenvalue weighted by molar-refractivity contribution is 6.12. The van der Waals surface area contributed by atoms with Crippen LogP contribution in [-0.4, -0.2) is 37.7 Å². The van der Waals surface area contributed by atoms with Gasteiger partial charge in [0.2, 0.25) is 11.9 Å². The number of amides is 1. The largest absolute Gasteiger partial charge is 0.416 e. The van der Waals surface area contributed by atoms with Crippen LogP contribution in [0.15, 0.2) is 66.9 Å². The summed E-state index contributed by atoms with van der Waals surface area (Å²) in [4.78, 5) is 22.2. The van der Waals surface area contributed by atoms with Gasteiger partial charge in [-0.2, -0.15) is 18.3 Å². The van der Waals surface area contributed by atoms with E-state index >= 15 is 0 Å². The molecule has 216 valence electrons. The molecule has 0 radical (unpaired) electrons. The molecule has 1 saturated carbocycles. The number of nitrogens with two attached hydrogens (primary N) is 1. The van der Waals surface area contributed by atoms with Crippen LogP contribution in [0.1, 0.15) is 36.8 Å². The Morgan fingerprint density at radius 1 is 1.02 bits per heavy atom. The standard InChI is InChI=1S/C31H30F3N7O/c1-41-26(16-27(40-41)38-28(42)14-18-5-4-6-20(13-18)31(32,33)34)25-15-19-17-36-30(37-22-11-9-21(35)10-12-22)39-29(19)24-8-3-2-7-23(24)25/h2-8,13,15-17,21-22H,9-12,14,35H2,1H3,(H,36,37,39)(H,38,40,42). The zero-order valence-electron chi connectivity index (χ0n) is 22.9. The van der Waals surface area contributed by atoms with Crippen molar-refractivity contribution in [2.24, 2.45) is 12.8 Å². The van der Waals surface area contributed by atoms with Crippen LogP contribution < -0.4 is 16.4 Å². The predicted octanol–water partition coefficient (Wildman–Crippen LogP) is 6.07. The van der Waals surface area contributed by atoms with Gasteiger partial charge in [0, 0.05) is 47.7 Å². The zero-order chi connectivity index (χ0) is 29.4. The first-order valence-electron chi connectivity index (χ1n) is 13.8. The molecule has 0 saturated heterocycles. The second-order valence-corrected chi connectivity index (χ2v) is 10.8. The minimum absolute atomic E-state index is 0.212. The Balaban J connectivity index is 1.27. The van der Waals surface area contributed by atoms with Crippen molar-refractivity contribution in [3.63, 3.8) is 0 Å². The Morgan fingerprint density at radius 3 is 2.55 bits per heavy atom. The van der Waals surface area contributed by atoms with E-state index in [2.05, 4.69) is 20.7 Å². The fraction of sp³-hybridized carbons (Fsp3) is 0.290. The molecule has 0 bridgehead atoms. The van der Waals surface area contributed by atoms with Gasteiger partial charge in [-0.3, -0.25) is 9.48 Å². The van der Waals surface area contributed by atoms with Crippen molar-refractivity contribution in [2.75, 3.05) is 10.6 Å². The molecule has 1 fully saturated rings. The van der Waals surface area contributed by atoms with Gasteiger partial charge in [-0.25, -0.2) is 9.97 Å². The van der Waals surface area contributed by atoms with E-state index in [1.54, 1.807) is 17.8 Å². The van der Waals surface area contributed by atoms with Gasteiger partial charge in [0.15, 0.2) is 5.82 Å². The van der Waals surface area contributed by atoms with E-state index in [9.17, 15) is 18.0 Å². The van der Waals surface area contributed by atoms with Crippen LogP contribution in [0.3, 0.4) is 0 Å². The SMILES string of the molecule is Cn1nc(NC(=O)Cc2cccc(C(F)(F)F)c2)cc1-c1cc2cnc(NC3CCC(N)CC3)nc2c2ccccc12. The maximum absolute atomic E-state index is 13.1. The summed E-state index contributed by atoms with van der Waals surface area (Å²) >= 11 is 0. The smallest absolute Gasteiger partial charge is 0.351 e. The molecular weight excluding hydrogens is 543 g/mol. The Bertz CT molecular complexity index is 1770. The lowest BCUT2D eigenvalue weighted by Crippen LogP contribution is -2.33. The Hall–Kier alpha value is -4.51. The topological polar surface area (TPSA) is 111 Å². The normalized spacial score (nSPS) is 17.5. The van der Waals surface area contributed by atoms with Crippen molar-refractivity contribution in [3.8, 4) is 11.3 Å². The number of alkyl halides is 3. The zero-order valence-corrected chi connectivity index (χ0v) is 22.9. The van der Waals surface area contributed by atoms with Gasteiger partial charge in [-0.1, -0.05) is 42.5 Å². The molecule has 1 aliphatic rings. The summed E-state index contributed by atoms with van der Waals surface area (Å²) in [6.07, 6.45) is 1.06. The number of nitrogens with zero attached hydrogens (tertiary/aromatic N) is 4. The molecule has 6 rings (SSSR count). The van der Waals surface area contributed by atoms with Crippen LogP contribution in [0.25, 0.3) is 32.9 Å². The summed E-state index contributed by atoms with van der Waals surface area (Å²) in [5, 5.41) is 13.4. The van der Waals surface area contributed by atoms with Crippen LogP contribution in [0, 0.1) is 0 Å². The summed E-state index contributed by atoms with van der Waals surface area (Å²) in [5.74, 6) is 0.430. The summed E-state index contributed by atoms with van der Waals surface area (Å²) < 4.78 is 40.9. The van der Waals surface area contributed by atoms with Gasteiger partial charge in [0.1, 0.15) is 0 Å². The van der Waals surface area contributed by atoms with E-state index < -0.39 is 17.6 Å². The summed E-state index contributed by atoms with van der Waals surface area (Å²) in [5.41, 5.74) is 8.00. The van der Waals surface area contributed by atoms with E-state index in [1.807, 2.05) is 36.5 Å². The Kier molecular flexibility index (Phi) is 7.28. The van der Waals surface area contributed by atoms with E-state index in [0.29, 0.717) is 17.8 Å². The van der Waals surface area contributed by atoms with Crippen molar-refractivity contribution in [1.29, 1.82) is 0 Å². The quantitative estimate of drug-likeness (QED) is 0.213. The molecule has 1 aliphatic carbocycles. The number of aromatic nitrogens is 4. The minimum atomic E-state index is -4.47. The molecule has 3 aromatic carbocycles. The number of aryl methyl sites for hydroxylation is 1. The lowest BCUT2D eigenvalue weighted by atomic mass is 9.92. The molecular formula is C31H30F3N7O. The Morgan fingerprint density at radius 2 is 1.79 bits per heavy atom. The monoisotopic (exact) mass is 573 g/mol. The molecule has 2 heterocycles. The molecule has 8 nitrogen and oxygen atoms in total. The molecule has 11 heteroatoms. The molecule has 0 atom stereocenters. The van der Waals surface area contributed by atoms with Crippen LogP contribution in [0.5, 0.6) is 0 Å². The van der Waals surface area contributed by atoms with Crippen molar-refractivity contribution in [2.45, 2.75) is 50.4 Å². The number of benzene rings is 3. The van der Waals surface area contributed by atoms with Crippen LogP contribution >= 0.6 is 0 Å². The first kappa shape index (κ1) is 27.6. The van der Waals surface area contributed by atoms with Crippen LogP contribution in [0.2, 0.25) is 0 Å². The molecule has 5 aromatic rings. The van der Waals surface area contributed by atoms with E-state index in [0.717, 1.165) is 70.7 Å². The fourth-order valence-corrected chi connectivity index (χ4v) is 5.61. The van der Waals surface area contributed by atoms with Crippen molar-refractivity contribution in [1.82, 2.24) is 19.7 Å². The summed E-state index contributed by atoms with van der Waals surface area (Å²) in [6, 6.07) is 17.0. The summed E-state index contributed by atoms with van der Waals surface area (Å²) in [7, 11) is 1.77. The number of carbonyl (C=O) groups excluding carboxylic acids is 1. The predicted molar refractivity (Wildman–Crippen MR) is 157 cm³/mol. The maximum Gasteiger partial charge on any atom is 0.416 e. The number of hydrogen-bond acceptors (Lipinski definition) is 6. The average molecular weight is 574 g/mol. The van der Waals surface area contributed by atoms with Crippen molar-refractivity contribution in [3.05, 3.63) is 78.0 Å². The number of anilines is 2. The van der Waals surface area contributed by atoms with Crippen LogP contribution in [-0.2, 0) is 24.4 Å². The van der Waals surface area contributed by atoms with Gasteiger partial charge in [0.25, 0.3) is 0 Å². The highest BCUT2D eigenvalue weighted by Crippen LogP contribution is 2.35. The highest BCUT2D eigenvalue weighted by atomic mass is 19.4. The third-order valence-corrected chi connectivity index (χ3v) is 7.74. The number of nitrogens with one attached hydrogen (secondary N) is 2. The van der Waals surface area contributed by atoms with Gasteiger partial charge in [0.05, 0.1) is 23.2 Å². The lowest BCUT2D eigenvalue weighted by molar-refractivity contribution is -0.137. The number of hydrogen-bond donors (Lipinski definition) is 3. The first-order valence-corrected chi connectivity index (χ1v) is 13.8. The second kappa shape index (κ2) is 11.1. The molecule has 0 spiro atoms. The van der Waals surface area contributed by atoms with Gasteiger partial charge in [-0.15, -0.1) is 0 Å². The van der Waals surface area contributed by atoms with E-state index in [-0.39, 0.29) is 18.0 Å². The average Bonchev–Trinajstić information content (AvgIpc) is 3.32. The molecule has 1 amide bonds. The molecule has 42 heavy (non-hydrogen) atoms. The van der Waals surface area contributed by atoms with Gasteiger partial charge >= 0.3 is 6.18 Å². The lowest BCUT2D eigenvalue weighted by Gasteiger charge is -2.26. The van der Waals surface area contributed by atoms with E-state index in [4.69, 9.17) is 10.7 Å². The minimum Gasteiger partial charge on any atom is -0.351 e. The number of halogens is 3.